The lowest BCUT2D eigenvalue weighted by molar-refractivity contribution is 0.629. The predicted octanol–water partition coefficient (Wildman–Crippen LogP) is 5.02. The first kappa shape index (κ1) is 17.2. The molecule has 28 heavy (non-hydrogen) atoms. The summed E-state index contributed by atoms with van der Waals surface area (Å²) in [5, 5.41) is 5.00. The molecule has 0 aliphatic rings. The highest BCUT2D eigenvalue weighted by atomic mass is 32.1. The van der Waals surface area contributed by atoms with Crippen molar-refractivity contribution in [3.8, 4) is 21.8 Å². The summed E-state index contributed by atoms with van der Waals surface area (Å²) in [5.74, 6) is -0.245. The van der Waals surface area contributed by atoms with Gasteiger partial charge < -0.3 is 14.9 Å². The van der Waals surface area contributed by atoms with Crippen molar-refractivity contribution in [2.75, 3.05) is 6.54 Å². The molecule has 0 bridgehead atoms. The number of aryl methyl sites for hydroxylation is 1. The van der Waals surface area contributed by atoms with Gasteiger partial charge in [-0.3, -0.25) is 0 Å². The molecule has 0 saturated carbocycles. The van der Waals surface area contributed by atoms with E-state index in [0.29, 0.717) is 13.1 Å². The van der Waals surface area contributed by atoms with Crippen LogP contribution in [0.4, 0.5) is 4.39 Å². The molecule has 0 aliphatic carbocycles. The highest BCUT2D eigenvalue weighted by Gasteiger charge is 2.16. The molecule has 0 aliphatic heterocycles. The molecule has 5 aromatic rings. The molecule has 0 spiro atoms. The van der Waals surface area contributed by atoms with Gasteiger partial charge in [-0.15, -0.1) is 11.3 Å². The first-order valence-electron chi connectivity index (χ1n) is 9.14. The van der Waals surface area contributed by atoms with Crippen molar-refractivity contribution in [1.29, 1.82) is 0 Å². The number of para-hydroxylation sites is 1. The number of nitrogens with two attached hydrogens (primary N) is 1. The van der Waals surface area contributed by atoms with Crippen molar-refractivity contribution in [1.82, 2.24) is 14.1 Å². The van der Waals surface area contributed by atoms with Crippen LogP contribution in [0.3, 0.4) is 0 Å². The van der Waals surface area contributed by atoms with Crippen LogP contribution < -0.4 is 5.73 Å². The van der Waals surface area contributed by atoms with E-state index < -0.39 is 0 Å². The molecule has 0 atom stereocenters. The molecule has 2 N–H and O–H groups in total. The van der Waals surface area contributed by atoms with Crippen LogP contribution in [0.5, 0.6) is 0 Å². The minimum absolute atomic E-state index is 0.245. The maximum absolute atomic E-state index is 13.9. The Kier molecular flexibility index (Phi) is 4.03. The Morgan fingerprint density at radius 3 is 2.75 bits per heavy atom. The lowest BCUT2D eigenvalue weighted by Gasteiger charge is -2.01. The number of fused-ring (bicyclic) bond motifs is 2. The van der Waals surface area contributed by atoms with Crippen LogP contribution in [-0.2, 0) is 13.6 Å². The Balaban J connectivity index is 1.66. The topological polar surface area (TPSA) is 48.8 Å². The van der Waals surface area contributed by atoms with E-state index in [2.05, 4.69) is 32.8 Å². The van der Waals surface area contributed by atoms with Crippen molar-refractivity contribution in [3.05, 3.63) is 66.1 Å². The van der Waals surface area contributed by atoms with E-state index in [1.165, 1.54) is 17.0 Å². The number of nitrogens with zero attached hydrogens (tertiary/aromatic N) is 3. The van der Waals surface area contributed by atoms with Crippen molar-refractivity contribution in [2.24, 2.45) is 12.8 Å². The van der Waals surface area contributed by atoms with Gasteiger partial charge in [-0.2, -0.15) is 0 Å². The first-order chi connectivity index (χ1) is 13.7. The van der Waals surface area contributed by atoms with Gasteiger partial charge in [-0.05, 0) is 24.3 Å². The fourth-order valence-electron chi connectivity index (χ4n) is 3.83. The molecule has 0 amide bonds. The summed E-state index contributed by atoms with van der Waals surface area (Å²) in [6.45, 7) is 1.21. The van der Waals surface area contributed by atoms with Crippen LogP contribution in [-0.4, -0.2) is 20.7 Å². The minimum atomic E-state index is -0.245. The summed E-state index contributed by atoms with van der Waals surface area (Å²) >= 11 is 1.58. The molecule has 3 heterocycles. The lowest BCUT2D eigenvalue weighted by Crippen LogP contribution is -2.08. The van der Waals surface area contributed by atoms with Crippen LogP contribution in [0.1, 0.15) is 0 Å². The molecule has 2 aromatic carbocycles. The van der Waals surface area contributed by atoms with Crippen molar-refractivity contribution >= 4 is 33.1 Å². The van der Waals surface area contributed by atoms with Gasteiger partial charge in [-0.25, -0.2) is 9.37 Å². The molecule has 0 fully saturated rings. The second-order valence-corrected chi connectivity index (χ2v) is 7.75. The SMILES string of the molecule is Cn1cc(-c2csc(-c3cn(CCN)c4ccc(F)cc34)n2)c2ccccc21. The predicted molar refractivity (Wildman–Crippen MR) is 114 cm³/mol. The van der Waals surface area contributed by atoms with E-state index in [1.807, 2.05) is 31.4 Å². The van der Waals surface area contributed by atoms with E-state index in [9.17, 15) is 4.39 Å². The summed E-state index contributed by atoms with van der Waals surface area (Å²) in [7, 11) is 2.04. The summed E-state index contributed by atoms with van der Waals surface area (Å²) in [5.41, 5.74) is 10.9. The Morgan fingerprint density at radius 2 is 1.89 bits per heavy atom. The zero-order valence-electron chi connectivity index (χ0n) is 15.4. The van der Waals surface area contributed by atoms with E-state index in [-0.39, 0.29) is 5.82 Å². The fourth-order valence-corrected chi connectivity index (χ4v) is 4.67. The summed E-state index contributed by atoms with van der Waals surface area (Å²) in [6.07, 6.45) is 4.14. The largest absolute Gasteiger partial charge is 0.350 e. The summed E-state index contributed by atoms with van der Waals surface area (Å²) in [6, 6.07) is 13.2. The molecule has 140 valence electrons. The first-order valence-corrected chi connectivity index (χ1v) is 10.0. The smallest absolute Gasteiger partial charge is 0.126 e. The number of hydrogen-bond donors (Lipinski definition) is 1. The number of aromatic nitrogens is 3. The Morgan fingerprint density at radius 1 is 1.04 bits per heavy atom. The molecule has 0 unspecified atom stereocenters. The van der Waals surface area contributed by atoms with E-state index >= 15 is 0 Å². The van der Waals surface area contributed by atoms with E-state index in [4.69, 9.17) is 10.7 Å². The molecule has 0 saturated heterocycles. The molecule has 6 heteroatoms. The quantitative estimate of drug-likeness (QED) is 0.468. The number of halogens is 1. The van der Waals surface area contributed by atoms with Crippen LogP contribution >= 0.6 is 11.3 Å². The van der Waals surface area contributed by atoms with Gasteiger partial charge in [0.1, 0.15) is 10.8 Å². The van der Waals surface area contributed by atoms with Crippen LogP contribution in [0.15, 0.2) is 60.2 Å². The van der Waals surface area contributed by atoms with Gasteiger partial charge >= 0.3 is 0 Å². The average Bonchev–Trinajstić information content (AvgIpc) is 3.39. The van der Waals surface area contributed by atoms with Crippen molar-refractivity contribution in [2.45, 2.75) is 6.54 Å². The third-order valence-electron chi connectivity index (χ3n) is 5.12. The van der Waals surface area contributed by atoms with Gasteiger partial charge in [0.2, 0.25) is 0 Å². The van der Waals surface area contributed by atoms with Crippen LogP contribution in [0.2, 0.25) is 0 Å². The average molecular weight is 390 g/mol. The molecule has 0 radical (unpaired) electrons. The van der Waals surface area contributed by atoms with Gasteiger partial charge in [-0.1, -0.05) is 18.2 Å². The minimum Gasteiger partial charge on any atom is -0.350 e. The van der Waals surface area contributed by atoms with Crippen molar-refractivity contribution in [3.63, 3.8) is 0 Å². The number of thiazole rings is 1. The van der Waals surface area contributed by atoms with E-state index in [1.54, 1.807) is 17.4 Å². The second kappa shape index (κ2) is 6.58. The highest BCUT2D eigenvalue weighted by molar-refractivity contribution is 7.13. The number of benzene rings is 2. The zero-order chi connectivity index (χ0) is 19.3. The molecular weight excluding hydrogens is 371 g/mol. The van der Waals surface area contributed by atoms with Crippen molar-refractivity contribution < 1.29 is 4.39 Å². The second-order valence-electron chi connectivity index (χ2n) is 6.90. The normalized spacial score (nSPS) is 11.7. The summed E-state index contributed by atoms with van der Waals surface area (Å²) < 4.78 is 18.1. The van der Waals surface area contributed by atoms with Gasteiger partial charge in [0.15, 0.2) is 0 Å². The summed E-state index contributed by atoms with van der Waals surface area (Å²) in [4.78, 5) is 4.91. The number of rotatable bonds is 4. The molecular formula is C22H19FN4S. The zero-order valence-corrected chi connectivity index (χ0v) is 16.2. The van der Waals surface area contributed by atoms with Gasteiger partial charge in [0, 0.05) is 70.8 Å². The molecule has 3 aromatic heterocycles. The lowest BCUT2D eigenvalue weighted by atomic mass is 10.1. The van der Waals surface area contributed by atoms with Crippen LogP contribution in [0.25, 0.3) is 43.6 Å². The van der Waals surface area contributed by atoms with Gasteiger partial charge in [0.25, 0.3) is 0 Å². The van der Waals surface area contributed by atoms with Crippen LogP contribution in [0, 0.1) is 5.82 Å². The maximum atomic E-state index is 13.9. The van der Waals surface area contributed by atoms with E-state index in [0.717, 1.165) is 32.7 Å². The highest BCUT2D eigenvalue weighted by Crippen LogP contribution is 2.37. The van der Waals surface area contributed by atoms with Gasteiger partial charge in [0.05, 0.1) is 5.69 Å². The standard InChI is InChI=1S/C22H19FN4S/c1-26-11-17(15-4-2-3-5-20(15)26)19-13-28-22(25-19)18-12-27(9-8-24)21-7-6-14(23)10-16(18)21/h2-7,10-13H,8-9,24H2,1H3. The fraction of sp³-hybridized carbons (Fsp3) is 0.136. The Hall–Kier alpha value is -2.96. The Bertz CT molecular complexity index is 1310. The maximum Gasteiger partial charge on any atom is 0.126 e. The monoisotopic (exact) mass is 390 g/mol. The molecule has 5 rings (SSSR count). The number of hydrogen-bond acceptors (Lipinski definition) is 3. The molecule has 4 nitrogen and oxygen atoms in total. The third-order valence-corrected chi connectivity index (χ3v) is 6.00. The third kappa shape index (κ3) is 2.65. The Labute approximate surface area is 165 Å².